The number of aliphatic hydroxyl groups is 1. The maximum atomic E-state index is 9.13. The first-order chi connectivity index (χ1) is 8.60. The summed E-state index contributed by atoms with van der Waals surface area (Å²) in [6, 6.07) is 5.99. The van der Waals surface area contributed by atoms with E-state index in [2.05, 4.69) is 37.3 Å². The Balaban J connectivity index is 2.13. The van der Waals surface area contributed by atoms with Crippen LogP contribution in [0.5, 0.6) is 0 Å². The summed E-state index contributed by atoms with van der Waals surface area (Å²) < 4.78 is 1.14. The first kappa shape index (κ1) is 13.5. The van der Waals surface area contributed by atoms with Crippen LogP contribution in [0.1, 0.15) is 16.8 Å². The van der Waals surface area contributed by atoms with Gasteiger partial charge in [-0.3, -0.25) is 0 Å². The van der Waals surface area contributed by atoms with Gasteiger partial charge in [0.1, 0.15) is 5.82 Å². The van der Waals surface area contributed by atoms with E-state index < -0.39 is 0 Å². The highest BCUT2D eigenvalue weighted by Crippen LogP contribution is 2.23. The van der Waals surface area contributed by atoms with Gasteiger partial charge in [0, 0.05) is 19.3 Å². The summed E-state index contributed by atoms with van der Waals surface area (Å²) in [7, 11) is 2.02. The number of rotatable bonds is 4. The molecule has 0 atom stereocenters. The molecule has 0 amide bonds. The molecule has 0 aliphatic heterocycles. The average Bonchev–Trinajstić information content (AvgIpc) is 2.74. The number of hydrogen-bond donors (Lipinski definition) is 1. The zero-order valence-electron chi connectivity index (χ0n) is 10.4. The van der Waals surface area contributed by atoms with Crippen molar-refractivity contribution in [1.29, 1.82) is 0 Å². The van der Waals surface area contributed by atoms with Crippen LogP contribution in [0, 0.1) is 6.92 Å². The lowest BCUT2D eigenvalue weighted by Crippen LogP contribution is -2.17. The van der Waals surface area contributed by atoms with Gasteiger partial charge in [-0.15, -0.1) is 11.3 Å². The summed E-state index contributed by atoms with van der Waals surface area (Å²) >= 11 is 5.15. The average molecular weight is 327 g/mol. The van der Waals surface area contributed by atoms with Gasteiger partial charge >= 0.3 is 0 Å². The van der Waals surface area contributed by atoms with Crippen LogP contribution in [0.25, 0.3) is 0 Å². The summed E-state index contributed by atoms with van der Waals surface area (Å²) in [5.41, 5.74) is 3.03. The largest absolute Gasteiger partial charge is 0.392 e. The minimum absolute atomic E-state index is 0.0420. The first-order valence-corrected chi connectivity index (χ1v) is 7.29. The van der Waals surface area contributed by atoms with Crippen LogP contribution < -0.4 is 4.90 Å². The lowest BCUT2D eigenvalue weighted by Gasteiger charge is -2.18. The molecule has 0 spiro atoms. The van der Waals surface area contributed by atoms with Crippen molar-refractivity contribution in [2.75, 3.05) is 11.9 Å². The zero-order valence-corrected chi connectivity index (χ0v) is 12.8. The third-order valence-corrected chi connectivity index (χ3v) is 4.34. The van der Waals surface area contributed by atoms with Crippen LogP contribution >= 0.6 is 27.3 Å². The van der Waals surface area contributed by atoms with Crippen molar-refractivity contribution < 1.29 is 5.11 Å². The Hall–Kier alpha value is -0.910. The molecule has 5 heteroatoms. The third-order valence-electron chi connectivity index (χ3n) is 2.78. The minimum Gasteiger partial charge on any atom is -0.392 e. The van der Waals surface area contributed by atoms with E-state index in [9.17, 15) is 0 Å². The molecule has 18 heavy (non-hydrogen) atoms. The zero-order chi connectivity index (χ0) is 13.1. The molecular weight excluding hydrogens is 312 g/mol. The van der Waals surface area contributed by atoms with Crippen LogP contribution in [0.15, 0.2) is 27.4 Å². The highest BCUT2D eigenvalue weighted by atomic mass is 79.9. The quantitative estimate of drug-likeness (QED) is 0.936. The molecule has 2 heterocycles. The Morgan fingerprint density at radius 3 is 2.78 bits per heavy atom. The second kappa shape index (κ2) is 5.82. The topological polar surface area (TPSA) is 36.4 Å². The van der Waals surface area contributed by atoms with Gasteiger partial charge in [-0.2, -0.15) is 0 Å². The maximum Gasteiger partial charge on any atom is 0.128 e. The van der Waals surface area contributed by atoms with Crippen molar-refractivity contribution in [3.05, 3.63) is 44.2 Å². The van der Waals surface area contributed by atoms with E-state index in [1.165, 1.54) is 5.56 Å². The lowest BCUT2D eigenvalue weighted by molar-refractivity contribution is 0.280. The van der Waals surface area contributed by atoms with E-state index in [-0.39, 0.29) is 6.61 Å². The van der Waals surface area contributed by atoms with E-state index in [0.717, 1.165) is 27.4 Å². The van der Waals surface area contributed by atoms with Crippen molar-refractivity contribution >= 4 is 33.1 Å². The van der Waals surface area contributed by atoms with E-state index in [1.54, 1.807) is 11.3 Å². The summed E-state index contributed by atoms with van der Waals surface area (Å²) in [6.07, 6.45) is 0. The van der Waals surface area contributed by atoms with Gasteiger partial charge in [-0.05, 0) is 51.5 Å². The Morgan fingerprint density at radius 2 is 2.22 bits per heavy atom. The number of aryl methyl sites for hydroxylation is 1. The van der Waals surface area contributed by atoms with Crippen molar-refractivity contribution in [3.8, 4) is 0 Å². The monoisotopic (exact) mass is 326 g/mol. The molecule has 96 valence electrons. The molecule has 0 bridgehead atoms. The number of thiophene rings is 1. The predicted octanol–water partition coefficient (Wildman–Crippen LogP) is 3.34. The Kier molecular flexibility index (Phi) is 4.37. The molecule has 0 fully saturated rings. The fourth-order valence-electron chi connectivity index (χ4n) is 1.74. The normalized spacial score (nSPS) is 10.7. The van der Waals surface area contributed by atoms with Crippen LogP contribution in [0.3, 0.4) is 0 Å². The second-order valence-corrected chi connectivity index (χ2v) is 6.48. The third kappa shape index (κ3) is 3.10. The Labute approximate surface area is 119 Å². The summed E-state index contributed by atoms with van der Waals surface area (Å²) in [5, 5.41) is 11.3. The van der Waals surface area contributed by atoms with Gasteiger partial charge in [0.2, 0.25) is 0 Å². The predicted molar refractivity (Wildman–Crippen MR) is 79.0 cm³/mol. The van der Waals surface area contributed by atoms with E-state index in [4.69, 9.17) is 5.11 Å². The van der Waals surface area contributed by atoms with Crippen LogP contribution in [0.4, 0.5) is 5.82 Å². The fourth-order valence-corrected chi connectivity index (χ4v) is 2.94. The number of pyridine rings is 1. The lowest BCUT2D eigenvalue weighted by atomic mass is 10.2. The molecule has 0 aliphatic rings. The van der Waals surface area contributed by atoms with Crippen LogP contribution in [0.2, 0.25) is 0 Å². The van der Waals surface area contributed by atoms with Gasteiger partial charge in [0.05, 0.1) is 10.4 Å². The second-order valence-electron chi connectivity index (χ2n) is 4.19. The molecule has 0 radical (unpaired) electrons. The number of anilines is 1. The molecule has 3 nitrogen and oxygen atoms in total. The Morgan fingerprint density at radius 1 is 1.44 bits per heavy atom. The van der Waals surface area contributed by atoms with Crippen molar-refractivity contribution in [1.82, 2.24) is 4.98 Å². The molecule has 0 aromatic carbocycles. The van der Waals surface area contributed by atoms with Gasteiger partial charge in [-0.1, -0.05) is 6.07 Å². The van der Waals surface area contributed by atoms with Crippen LogP contribution in [-0.4, -0.2) is 17.1 Å². The van der Waals surface area contributed by atoms with Crippen molar-refractivity contribution in [2.45, 2.75) is 20.1 Å². The molecule has 0 saturated heterocycles. The van der Waals surface area contributed by atoms with E-state index in [1.807, 2.05) is 26.1 Å². The van der Waals surface area contributed by atoms with Crippen molar-refractivity contribution in [3.63, 3.8) is 0 Å². The van der Waals surface area contributed by atoms with E-state index in [0.29, 0.717) is 0 Å². The van der Waals surface area contributed by atoms with Crippen molar-refractivity contribution in [2.24, 2.45) is 0 Å². The number of aliphatic hydroxyl groups excluding tert-OH is 1. The van der Waals surface area contributed by atoms with E-state index >= 15 is 0 Å². The van der Waals surface area contributed by atoms with Gasteiger partial charge < -0.3 is 10.0 Å². The first-order valence-electron chi connectivity index (χ1n) is 5.61. The standard InChI is InChI=1S/C13H15BrN2OS/c1-9-11(7-17)3-4-13(15-9)16(2)6-10-5-12(14)18-8-10/h3-5,8,17H,6-7H2,1-2H3. The highest BCUT2D eigenvalue weighted by Gasteiger charge is 2.07. The molecular formula is C13H15BrN2OS. The molecule has 1 N–H and O–H groups in total. The maximum absolute atomic E-state index is 9.13. The number of aromatic nitrogens is 1. The fraction of sp³-hybridized carbons (Fsp3) is 0.308. The number of halogens is 1. The Bertz CT molecular complexity index is 542. The highest BCUT2D eigenvalue weighted by molar-refractivity contribution is 9.11. The van der Waals surface area contributed by atoms with Gasteiger partial charge in [0.15, 0.2) is 0 Å². The van der Waals surface area contributed by atoms with Crippen LogP contribution in [-0.2, 0) is 13.2 Å². The molecule has 0 unspecified atom stereocenters. The smallest absolute Gasteiger partial charge is 0.128 e. The van der Waals surface area contributed by atoms with Gasteiger partial charge in [-0.25, -0.2) is 4.98 Å². The number of nitrogens with zero attached hydrogens (tertiary/aromatic N) is 2. The number of hydrogen-bond acceptors (Lipinski definition) is 4. The summed E-state index contributed by atoms with van der Waals surface area (Å²) in [5.74, 6) is 0.923. The molecule has 2 aromatic rings. The molecule has 2 rings (SSSR count). The molecule has 0 saturated carbocycles. The molecule has 2 aromatic heterocycles. The summed E-state index contributed by atoms with van der Waals surface area (Å²) in [6.45, 7) is 2.79. The summed E-state index contributed by atoms with van der Waals surface area (Å²) in [4.78, 5) is 6.60. The minimum atomic E-state index is 0.0420. The van der Waals surface area contributed by atoms with Gasteiger partial charge in [0.25, 0.3) is 0 Å². The SMILES string of the molecule is Cc1nc(N(C)Cc2csc(Br)c2)ccc1CO. The molecule has 0 aliphatic carbocycles.